The van der Waals surface area contributed by atoms with Gasteiger partial charge in [-0.05, 0) is 50.3 Å². The summed E-state index contributed by atoms with van der Waals surface area (Å²) in [5.74, 6) is 2.36. The first-order valence-corrected chi connectivity index (χ1v) is 8.87. The van der Waals surface area contributed by atoms with Crippen LogP contribution in [0.2, 0.25) is 0 Å². The van der Waals surface area contributed by atoms with Gasteiger partial charge in [0.05, 0.1) is 4.58 Å². The molecule has 2 rings (SSSR count). The van der Waals surface area contributed by atoms with Gasteiger partial charge < -0.3 is 4.74 Å². The number of rotatable bonds is 2. The van der Waals surface area contributed by atoms with Crippen LogP contribution in [0.3, 0.4) is 0 Å². The summed E-state index contributed by atoms with van der Waals surface area (Å²) in [4.78, 5) is 11.9. The molecule has 1 aromatic rings. The number of thioether (sulfide) groups is 2. The second-order valence-corrected chi connectivity index (χ2v) is 8.37. The smallest absolute Gasteiger partial charge is 0.412 e. The summed E-state index contributed by atoms with van der Waals surface area (Å²) >= 11 is 3.88. The summed E-state index contributed by atoms with van der Waals surface area (Å²) in [7, 11) is 0. The number of anilines is 1. The van der Waals surface area contributed by atoms with E-state index in [0.29, 0.717) is 4.58 Å². The molecule has 1 saturated heterocycles. The van der Waals surface area contributed by atoms with Crippen molar-refractivity contribution in [2.24, 2.45) is 0 Å². The first kappa shape index (κ1) is 15.6. The van der Waals surface area contributed by atoms with Crippen LogP contribution in [0.1, 0.15) is 37.3 Å². The average molecular weight is 311 g/mol. The Morgan fingerprint density at radius 2 is 1.90 bits per heavy atom. The number of nitrogens with one attached hydrogen (secondary N) is 1. The fourth-order valence-corrected chi connectivity index (χ4v) is 4.86. The lowest BCUT2D eigenvalue weighted by molar-refractivity contribution is 0.0636. The number of ether oxygens (including phenoxy) is 1. The fraction of sp³-hybridized carbons (Fsp3) is 0.533. The van der Waals surface area contributed by atoms with Crippen molar-refractivity contribution in [3.8, 4) is 0 Å². The zero-order chi connectivity index (χ0) is 14.6. The van der Waals surface area contributed by atoms with Crippen molar-refractivity contribution < 1.29 is 9.53 Å². The van der Waals surface area contributed by atoms with E-state index in [2.05, 4.69) is 11.4 Å². The molecule has 0 aromatic heterocycles. The third-order valence-corrected chi connectivity index (χ3v) is 5.66. The molecule has 5 heteroatoms. The van der Waals surface area contributed by atoms with E-state index in [-0.39, 0.29) is 0 Å². The van der Waals surface area contributed by atoms with Crippen LogP contribution < -0.4 is 5.32 Å². The van der Waals surface area contributed by atoms with Crippen LogP contribution >= 0.6 is 23.5 Å². The summed E-state index contributed by atoms with van der Waals surface area (Å²) in [5, 5.41) is 2.88. The first-order valence-electron chi connectivity index (χ1n) is 6.78. The minimum atomic E-state index is -0.479. The van der Waals surface area contributed by atoms with Crippen LogP contribution in [0, 0.1) is 0 Å². The fourth-order valence-electron chi connectivity index (χ4n) is 1.90. The molecular formula is C15H21NO2S2. The highest BCUT2D eigenvalue weighted by Crippen LogP contribution is 2.46. The van der Waals surface area contributed by atoms with Gasteiger partial charge in [-0.15, -0.1) is 23.5 Å². The molecule has 0 saturated carbocycles. The Hall–Kier alpha value is -0.810. The van der Waals surface area contributed by atoms with Gasteiger partial charge in [0.1, 0.15) is 5.60 Å². The summed E-state index contributed by atoms with van der Waals surface area (Å²) in [6.07, 6.45) is 0.865. The normalized spacial score (nSPS) is 16.8. The monoisotopic (exact) mass is 311 g/mol. The molecule has 1 N–H and O–H groups in total. The van der Waals surface area contributed by atoms with Crippen molar-refractivity contribution in [3.63, 3.8) is 0 Å². The Morgan fingerprint density at radius 1 is 1.25 bits per heavy atom. The van der Waals surface area contributed by atoms with Crippen molar-refractivity contribution >= 4 is 35.3 Å². The molecule has 0 aliphatic carbocycles. The zero-order valence-electron chi connectivity index (χ0n) is 12.1. The predicted octanol–water partition coefficient (Wildman–Crippen LogP) is 4.90. The number of carbonyl (C=O) groups is 1. The van der Waals surface area contributed by atoms with Gasteiger partial charge in [0.15, 0.2) is 0 Å². The SMILES string of the molecule is CC(C)(C)OC(=O)Nc1ccccc1C1SCCCS1. The Morgan fingerprint density at radius 3 is 2.55 bits per heavy atom. The summed E-state index contributed by atoms with van der Waals surface area (Å²) in [6.45, 7) is 5.60. The van der Waals surface area contributed by atoms with Crippen LogP contribution in [0.15, 0.2) is 24.3 Å². The number of para-hydroxylation sites is 1. The molecule has 1 aromatic carbocycles. The van der Waals surface area contributed by atoms with E-state index in [1.165, 1.54) is 23.5 Å². The van der Waals surface area contributed by atoms with Gasteiger partial charge in [0.2, 0.25) is 0 Å². The predicted molar refractivity (Wildman–Crippen MR) is 88.6 cm³/mol. The molecule has 20 heavy (non-hydrogen) atoms. The van der Waals surface area contributed by atoms with Crippen LogP contribution in [0.5, 0.6) is 0 Å². The Kier molecular flexibility index (Phi) is 5.27. The van der Waals surface area contributed by atoms with E-state index >= 15 is 0 Å². The maximum atomic E-state index is 11.9. The average Bonchev–Trinajstić information content (AvgIpc) is 2.38. The number of amides is 1. The number of carbonyl (C=O) groups excluding carboxylic acids is 1. The molecule has 0 spiro atoms. The van der Waals surface area contributed by atoms with Gasteiger partial charge in [-0.3, -0.25) is 5.32 Å². The summed E-state index contributed by atoms with van der Waals surface area (Å²) in [6, 6.07) is 7.98. The molecule has 1 aliphatic heterocycles. The zero-order valence-corrected chi connectivity index (χ0v) is 13.8. The molecule has 1 aliphatic rings. The molecule has 1 fully saturated rings. The Bertz CT molecular complexity index is 465. The molecule has 110 valence electrons. The van der Waals surface area contributed by atoms with Gasteiger partial charge in [-0.1, -0.05) is 18.2 Å². The van der Waals surface area contributed by atoms with Crippen LogP contribution in [-0.2, 0) is 4.74 Å². The van der Waals surface area contributed by atoms with Crippen molar-refractivity contribution in [3.05, 3.63) is 29.8 Å². The Labute approximate surface area is 129 Å². The minimum Gasteiger partial charge on any atom is -0.444 e. The third-order valence-electron chi connectivity index (χ3n) is 2.68. The van der Waals surface area contributed by atoms with E-state index in [4.69, 9.17) is 4.74 Å². The Balaban J connectivity index is 2.09. The molecule has 0 atom stereocenters. The molecule has 0 radical (unpaired) electrons. The maximum absolute atomic E-state index is 11.9. The molecule has 1 amide bonds. The maximum Gasteiger partial charge on any atom is 0.412 e. The number of hydrogen-bond donors (Lipinski definition) is 1. The quantitative estimate of drug-likeness (QED) is 0.843. The first-order chi connectivity index (χ1) is 9.46. The number of benzene rings is 1. The lowest BCUT2D eigenvalue weighted by Gasteiger charge is -2.24. The van der Waals surface area contributed by atoms with Crippen molar-refractivity contribution in [2.75, 3.05) is 16.8 Å². The van der Waals surface area contributed by atoms with E-state index in [9.17, 15) is 4.79 Å². The van der Waals surface area contributed by atoms with Crippen LogP contribution in [-0.4, -0.2) is 23.2 Å². The van der Waals surface area contributed by atoms with Crippen LogP contribution in [0.25, 0.3) is 0 Å². The molecule has 0 unspecified atom stereocenters. The van der Waals surface area contributed by atoms with Crippen molar-refractivity contribution in [2.45, 2.75) is 37.4 Å². The van der Waals surface area contributed by atoms with Gasteiger partial charge in [0, 0.05) is 5.69 Å². The molecule has 3 nitrogen and oxygen atoms in total. The summed E-state index contributed by atoms with van der Waals surface area (Å²) < 4.78 is 5.72. The second kappa shape index (κ2) is 6.76. The highest BCUT2D eigenvalue weighted by atomic mass is 32.2. The highest BCUT2D eigenvalue weighted by molar-refractivity contribution is 8.16. The lowest BCUT2D eigenvalue weighted by Crippen LogP contribution is -2.27. The van der Waals surface area contributed by atoms with E-state index in [1.54, 1.807) is 0 Å². The standard InChI is InChI=1S/C15H21NO2S2/c1-15(2,3)18-14(17)16-12-8-5-4-7-11(12)13-19-9-6-10-20-13/h4-5,7-8,13H,6,9-10H2,1-3H3,(H,16,17). The van der Waals surface area contributed by atoms with Gasteiger partial charge in [-0.25, -0.2) is 4.79 Å². The molecule has 1 heterocycles. The van der Waals surface area contributed by atoms with Crippen LogP contribution in [0.4, 0.5) is 10.5 Å². The van der Waals surface area contributed by atoms with Gasteiger partial charge in [0.25, 0.3) is 0 Å². The van der Waals surface area contributed by atoms with Gasteiger partial charge in [-0.2, -0.15) is 0 Å². The lowest BCUT2D eigenvalue weighted by atomic mass is 10.2. The molecule has 0 bridgehead atoms. The van der Waals surface area contributed by atoms with Crippen molar-refractivity contribution in [1.29, 1.82) is 0 Å². The van der Waals surface area contributed by atoms with E-state index in [1.807, 2.05) is 62.5 Å². The largest absolute Gasteiger partial charge is 0.444 e. The highest BCUT2D eigenvalue weighted by Gasteiger charge is 2.22. The topological polar surface area (TPSA) is 38.3 Å². The number of hydrogen-bond acceptors (Lipinski definition) is 4. The van der Waals surface area contributed by atoms with Gasteiger partial charge >= 0.3 is 6.09 Å². The van der Waals surface area contributed by atoms with E-state index < -0.39 is 11.7 Å². The summed E-state index contributed by atoms with van der Waals surface area (Å²) in [5.41, 5.74) is 1.55. The van der Waals surface area contributed by atoms with Crippen molar-refractivity contribution in [1.82, 2.24) is 0 Å². The molecular weight excluding hydrogens is 290 g/mol. The van der Waals surface area contributed by atoms with E-state index in [0.717, 1.165) is 5.69 Å². The third kappa shape index (κ3) is 4.63. The second-order valence-electron chi connectivity index (χ2n) is 5.64. The minimum absolute atomic E-state index is 0.393.